The summed E-state index contributed by atoms with van der Waals surface area (Å²) in [6.45, 7) is 0. The molecule has 0 radical (unpaired) electrons. The fourth-order valence-electron chi connectivity index (χ4n) is 3.41. The van der Waals surface area contributed by atoms with Crippen molar-refractivity contribution in [1.82, 2.24) is 0 Å². The van der Waals surface area contributed by atoms with Crippen LogP contribution in [0.2, 0.25) is 0 Å². The minimum absolute atomic E-state index is 0.0872. The van der Waals surface area contributed by atoms with Crippen molar-refractivity contribution < 1.29 is 19.1 Å². The highest BCUT2D eigenvalue weighted by atomic mass is 16.5. The Morgan fingerprint density at radius 2 is 1.83 bits per heavy atom. The summed E-state index contributed by atoms with van der Waals surface area (Å²) in [7, 11) is 2.93. The second kappa shape index (κ2) is 6.48. The van der Waals surface area contributed by atoms with E-state index in [1.54, 1.807) is 7.11 Å². The Balaban J connectivity index is 2.02. The first-order valence-corrected chi connectivity index (χ1v) is 7.90. The molecule has 0 fully saturated rings. The molecule has 0 heterocycles. The van der Waals surface area contributed by atoms with Crippen LogP contribution in [-0.2, 0) is 33.6 Å². The first kappa shape index (κ1) is 16.2. The molecule has 24 heavy (non-hydrogen) atoms. The Labute approximate surface area is 141 Å². The molecule has 0 amide bonds. The number of methoxy groups -OCH3 is 2. The van der Waals surface area contributed by atoms with Gasteiger partial charge in [-0.25, -0.2) is 0 Å². The van der Waals surface area contributed by atoms with Gasteiger partial charge in [-0.2, -0.15) is 0 Å². The highest BCUT2D eigenvalue weighted by Crippen LogP contribution is 2.37. The van der Waals surface area contributed by atoms with E-state index in [0.717, 1.165) is 16.7 Å². The van der Waals surface area contributed by atoms with Gasteiger partial charge >= 0.3 is 5.97 Å². The summed E-state index contributed by atoms with van der Waals surface area (Å²) in [6.07, 6.45) is 0.936. The van der Waals surface area contributed by atoms with E-state index in [2.05, 4.69) is 0 Å². The van der Waals surface area contributed by atoms with E-state index in [0.29, 0.717) is 18.6 Å². The summed E-state index contributed by atoms with van der Waals surface area (Å²) >= 11 is 0. The molecular formula is C20H20O4. The van der Waals surface area contributed by atoms with Crippen LogP contribution in [0.25, 0.3) is 0 Å². The van der Waals surface area contributed by atoms with Crippen LogP contribution in [-0.4, -0.2) is 26.0 Å². The highest BCUT2D eigenvalue weighted by Gasteiger charge is 2.49. The molecule has 0 spiro atoms. The van der Waals surface area contributed by atoms with Crippen LogP contribution in [0.3, 0.4) is 0 Å². The number of benzene rings is 2. The summed E-state index contributed by atoms with van der Waals surface area (Å²) in [5, 5.41) is 0. The fourth-order valence-corrected chi connectivity index (χ4v) is 3.41. The number of carbonyl (C=O) groups is 2. The van der Waals surface area contributed by atoms with Gasteiger partial charge in [-0.1, -0.05) is 36.4 Å². The van der Waals surface area contributed by atoms with E-state index in [9.17, 15) is 9.59 Å². The molecule has 0 saturated heterocycles. The van der Waals surface area contributed by atoms with Crippen LogP contribution in [0.4, 0.5) is 0 Å². The first-order valence-electron chi connectivity index (χ1n) is 7.90. The maximum atomic E-state index is 12.9. The number of rotatable bonds is 4. The summed E-state index contributed by atoms with van der Waals surface area (Å²) in [6, 6.07) is 15.2. The van der Waals surface area contributed by atoms with Crippen LogP contribution in [0.5, 0.6) is 5.75 Å². The lowest BCUT2D eigenvalue weighted by molar-refractivity contribution is -0.158. The summed E-state index contributed by atoms with van der Waals surface area (Å²) in [5.41, 5.74) is 1.74. The zero-order valence-corrected chi connectivity index (χ0v) is 13.9. The van der Waals surface area contributed by atoms with Crippen LogP contribution >= 0.6 is 0 Å². The molecule has 0 N–H and O–H groups in total. The Hall–Kier alpha value is -2.62. The minimum Gasteiger partial charge on any atom is -0.497 e. The molecule has 4 nitrogen and oxygen atoms in total. The van der Waals surface area contributed by atoms with Crippen molar-refractivity contribution in [2.45, 2.75) is 19.3 Å². The third kappa shape index (κ3) is 2.80. The van der Waals surface area contributed by atoms with E-state index >= 15 is 0 Å². The Morgan fingerprint density at radius 3 is 2.54 bits per heavy atom. The molecule has 1 atom stereocenters. The smallest absolute Gasteiger partial charge is 0.320 e. The van der Waals surface area contributed by atoms with Crippen LogP contribution in [0.1, 0.15) is 16.7 Å². The SMILES string of the molecule is COC(=O)C1(Cc2cccc(OC)c2)Cc2ccccc2CC1=O. The predicted molar refractivity (Wildman–Crippen MR) is 90.0 cm³/mol. The quantitative estimate of drug-likeness (QED) is 0.641. The number of esters is 1. The monoisotopic (exact) mass is 324 g/mol. The van der Waals surface area contributed by atoms with Crippen molar-refractivity contribution in [1.29, 1.82) is 0 Å². The Kier molecular flexibility index (Phi) is 4.38. The minimum atomic E-state index is -1.17. The maximum absolute atomic E-state index is 12.9. The maximum Gasteiger partial charge on any atom is 0.320 e. The summed E-state index contributed by atoms with van der Waals surface area (Å²) in [5.74, 6) is 0.150. The van der Waals surface area contributed by atoms with Crippen molar-refractivity contribution in [3.8, 4) is 5.75 Å². The molecule has 4 heteroatoms. The van der Waals surface area contributed by atoms with Gasteiger partial charge in [0.2, 0.25) is 0 Å². The molecule has 0 saturated carbocycles. The van der Waals surface area contributed by atoms with Crippen molar-refractivity contribution in [2.24, 2.45) is 5.41 Å². The lowest BCUT2D eigenvalue weighted by atomic mass is 9.67. The predicted octanol–water partition coefficient (Wildman–Crippen LogP) is 2.77. The lowest BCUT2D eigenvalue weighted by Gasteiger charge is -2.34. The number of hydrogen-bond acceptors (Lipinski definition) is 4. The van der Waals surface area contributed by atoms with E-state index in [-0.39, 0.29) is 12.2 Å². The van der Waals surface area contributed by atoms with Gasteiger partial charge in [0.1, 0.15) is 11.2 Å². The van der Waals surface area contributed by atoms with Crippen LogP contribution < -0.4 is 4.74 Å². The summed E-state index contributed by atoms with van der Waals surface area (Å²) in [4.78, 5) is 25.5. The van der Waals surface area contributed by atoms with E-state index in [1.165, 1.54) is 7.11 Å². The van der Waals surface area contributed by atoms with Gasteiger partial charge in [0.25, 0.3) is 0 Å². The third-order valence-corrected chi connectivity index (χ3v) is 4.71. The van der Waals surface area contributed by atoms with Crippen molar-refractivity contribution in [3.05, 3.63) is 65.2 Å². The largest absolute Gasteiger partial charge is 0.497 e. The molecule has 2 aromatic rings. The molecule has 0 aliphatic heterocycles. The average Bonchev–Trinajstić information content (AvgIpc) is 2.61. The van der Waals surface area contributed by atoms with Crippen LogP contribution in [0.15, 0.2) is 48.5 Å². The number of hydrogen-bond donors (Lipinski definition) is 0. The number of carbonyl (C=O) groups excluding carboxylic acids is 2. The Morgan fingerprint density at radius 1 is 1.08 bits per heavy atom. The molecule has 3 rings (SSSR count). The molecular weight excluding hydrogens is 304 g/mol. The molecule has 2 aromatic carbocycles. The van der Waals surface area contributed by atoms with Gasteiger partial charge < -0.3 is 9.47 Å². The molecule has 1 aliphatic rings. The van der Waals surface area contributed by atoms with E-state index in [1.807, 2.05) is 48.5 Å². The van der Waals surface area contributed by atoms with E-state index in [4.69, 9.17) is 9.47 Å². The number of Topliss-reactive ketones (excluding diaryl/α,β-unsaturated/α-hetero) is 1. The third-order valence-electron chi connectivity index (χ3n) is 4.71. The number of ether oxygens (including phenoxy) is 2. The lowest BCUT2D eigenvalue weighted by Crippen LogP contribution is -2.47. The van der Waals surface area contributed by atoms with Gasteiger partial charge in [-0.05, 0) is 41.7 Å². The van der Waals surface area contributed by atoms with Crippen molar-refractivity contribution in [3.63, 3.8) is 0 Å². The van der Waals surface area contributed by atoms with Gasteiger partial charge in [0, 0.05) is 6.42 Å². The topological polar surface area (TPSA) is 52.6 Å². The normalized spacial score (nSPS) is 19.5. The zero-order valence-electron chi connectivity index (χ0n) is 13.9. The molecule has 124 valence electrons. The second-order valence-electron chi connectivity index (χ2n) is 6.15. The van der Waals surface area contributed by atoms with Crippen molar-refractivity contribution >= 4 is 11.8 Å². The second-order valence-corrected chi connectivity index (χ2v) is 6.15. The van der Waals surface area contributed by atoms with Crippen LogP contribution in [0, 0.1) is 5.41 Å². The Bertz CT molecular complexity index is 781. The molecule has 1 unspecified atom stereocenters. The van der Waals surface area contributed by atoms with Gasteiger partial charge in [-0.3, -0.25) is 9.59 Å². The van der Waals surface area contributed by atoms with E-state index < -0.39 is 11.4 Å². The molecule has 0 bridgehead atoms. The number of fused-ring (bicyclic) bond motifs is 1. The summed E-state index contributed by atoms with van der Waals surface area (Å²) < 4.78 is 10.3. The van der Waals surface area contributed by atoms with Gasteiger partial charge in [0.05, 0.1) is 14.2 Å². The molecule has 0 aromatic heterocycles. The first-order chi connectivity index (χ1) is 11.6. The van der Waals surface area contributed by atoms with Gasteiger partial charge in [0.15, 0.2) is 5.78 Å². The molecule has 1 aliphatic carbocycles. The fraction of sp³-hybridized carbons (Fsp3) is 0.300. The average molecular weight is 324 g/mol. The highest BCUT2D eigenvalue weighted by molar-refractivity contribution is 6.06. The standard InChI is InChI=1S/C20H20O4/c1-23-17-9-5-6-14(10-17)12-20(19(22)24-2)13-16-8-4-3-7-15(16)11-18(20)21/h3-10H,11-13H2,1-2H3. The number of ketones is 1. The van der Waals surface area contributed by atoms with Crippen molar-refractivity contribution in [2.75, 3.05) is 14.2 Å². The van der Waals surface area contributed by atoms with Gasteiger partial charge in [-0.15, -0.1) is 0 Å². The zero-order chi connectivity index (χ0) is 17.2.